The van der Waals surface area contributed by atoms with E-state index in [0.29, 0.717) is 99.6 Å². The largest absolute Gasteiger partial charge is 0.444 e. The molecule has 0 unspecified atom stereocenters. The van der Waals surface area contributed by atoms with E-state index in [9.17, 15) is 18.4 Å². The number of anilines is 4. The minimum atomic E-state index is -0.480. The molecule has 0 saturated carbocycles. The van der Waals surface area contributed by atoms with Gasteiger partial charge in [-0.25, -0.2) is 18.4 Å². The fraction of sp³-hybridized carbons (Fsp3) is 0.350. The molecule has 2 saturated heterocycles. The van der Waals surface area contributed by atoms with E-state index in [1.807, 2.05) is 0 Å². The molecule has 19 heteroatoms. The highest BCUT2D eigenvalue weighted by atomic mass is 79.9. The first kappa shape index (κ1) is 42.0. The predicted octanol–water partition coefficient (Wildman–Crippen LogP) is 5.61. The van der Waals surface area contributed by atoms with Crippen molar-refractivity contribution in [3.05, 3.63) is 84.1 Å². The lowest BCUT2D eigenvalue weighted by molar-refractivity contribution is 0.136. The number of carbonyl (C=O) groups is 2. The van der Waals surface area contributed by atoms with Crippen LogP contribution < -0.4 is 25.0 Å². The summed E-state index contributed by atoms with van der Waals surface area (Å²) in [5.74, 6) is 4.04. The van der Waals surface area contributed by atoms with E-state index in [-0.39, 0.29) is 12.2 Å². The Morgan fingerprint density at radius 3 is 1.71 bits per heavy atom. The van der Waals surface area contributed by atoms with Crippen molar-refractivity contribution in [3.8, 4) is 24.7 Å². The van der Waals surface area contributed by atoms with Gasteiger partial charge in [0.2, 0.25) is 0 Å². The summed E-state index contributed by atoms with van der Waals surface area (Å²) in [7, 11) is 0. The molecule has 2 amide bonds. The number of ether oxygens (including phenoxy) is 2. The molecule has 4 aromatic rings. The van der Waals surface area contributed by atoms with Gasteiger partial charge in [0.05, 0.1) is 72.2 Å². The van der Waals surface area contributed by atoms with Gasteiger partial charge in [-0.05, 0) is 62.1 Å². The molecular weight excluding hydrogens is 834 g/mol. The lowest BCUT2D eigenvalue weighted by Gasteiger charge is -2.29. The van der Waals surface area contributed by atoms with Gasteiger partial charge in [-0.3, -0.25) is 14.8 Å². The van der Waals surface area contributed by atoms with Gasteiger partial charge in [0, 0.05) is 25.2 Å². The molecule has 4 aliphatic heterocycles. The topological polar surface area (TPSA) is 158 Å². The molecule has 2 aromatic carbocycles. The molecule has 4 aliphatic rings. The summed E-state index contributed by atoms with van der Waals surface area (Å²) < 4.78 is 49.6. The zero-order valence-corrected chi connectivity index (χ0v) is 33.4. The number of aryl methyl sites for hydroxylation is 2. The standard InChI is InChI=1S/C20H20FN5O3.C17H18FN5O3.C3H3Br/c1-2-8-25-10-9-24(14-22-25)19-6-4-16(12-18(19)21)26-13-17(29-20(26)27)5-3-15-7-11-28-23-15;18-15-9-13(2-4-16(15)22-7-6-19-20-11-22)23-10-14(26-17(23)24)3-1-12-5-8-25-21-12;1-2-3-4/h1,4,6-7,11-12,14,17H,3,5,8-10,13H2;2,4-5,8-9,11,14,19H,1,3,6-7,10H2;1H,3H2/t17-;14-;/m00./s1. The number of terminal acetylenes is 2. The Morgan fingerprint density at radius 1 is 0.763 bits per heavy atom. The van der Waals surface area contributed by atoms with E-state index in [2.05, 4.69) is 53.7 Å². The number of amides is 2. The van der Waals surface area contributed by atoms with E-state index in [0.717, 1.165) is 11.4 Å². The molecule has 0 bridgehead atoms. The highest BCUT2D eigenvalue weighted by Gasteiger charge is 2.34. The lowest BCUT2D eigenvalue weighted by Crippen LogP contribution is -2.38. The number of nitrogens with one attached hydrogen (secondary N) is 1. The third-order valence-corrected chi connectivity index (χ3v) is 9.66. The number of carbonyl (C=O) groups excluding carboxylic acids is 2. The van der Waals surface area contributed by atoms with Crippen LogP contribution in [0.2, 0.25) is 0 Å². The third kappa shape index (κ3) is 11.3. The van der Waals surface area contributed by atoms with Crippen LogP contribution in [0.3, 0.4) is 0 Å². The van der Waals surface area contributed by atoms with E-state index in [1.54, 1.807) is 63.9 Å². The van der Waals surface area contributed by atoms with Gasteiger partial charge in [0.25, 0.3) is 0 Å². The summed E-state index contributed by atoms with van der Waals surface area (Å²) in [6.45, 7) is 3.59. The van der Waals surface area contributed by atoms with E-state index >= 15 is 0 Å². The Kier molecular flexibility index (Phi) is 14.7. The summed E-state index contributed by atoms with van der Waals surface area (Å²) in [5.41, 5.74) is 6.20. The van der Waals surface area contributed by atoms with Gasteiger partial charge in [0.1, 0.15) is 49.0 Å². The minimum absolute atomic E-state index is 0.262. The smallest absolute Gasteiger partial charge is 0.414 e. The summed E-state index contributed by atoms with van der Waals surface area (Å²) in [6.07, 6.45) is 17.2. The Hall–Kier alpha value is -6.60. The molecule has 0 spiro atoms. The second kappa shape index (κ2) is 20.7. The van der Waals surface area contributed by atoms with Crippen molar-refractivity contribution in [2.45, 2.75) is 37.9 Å². The van der Waals surface area contributed by atoms with E-state index in [1.165, 1.54) is 34.5 Å². The molecule has 0 aliphatic carbocycles. The molecule has 59 heavy (non-hydrogen) atoms. The number of benzene rings is 2. The van der Waals surface area contributed by atoms with Crippen LogP contribution >= 0.6 is 15.9 Å². The van der Waals surface area contributed by atoms with Gasteiger partial charge in [0.15, 0.2) is 0 Å². The molecule has 0 radical (unpaired) electrons. The van der Waals surface area contributed by atoms with Gasteiger partial charge in [-0.1, -0.05) is 38.1 Å². The van der Waals surface area contributed by atoms with Crippen LogP contribution in [0.15, 0.2) is 80.3 Å². The van der Waals surface area contributed by atoms with Crippen molar-refractivity contribution in [3.63, 3.8) is 0 Å². The maximum Gasteiger partial charge on any atom is 0.414 e. The van der Waals surface area contributed by atoms with Gasteiger partial charge in [-0.15, -0.1) is 12.8 Å². The number of aromatic nitrogens is 2. The Bertz CT molecular complexity index is 2160. The Balaban J connectivity index is 0.000000183. The number of alkyl halides is 1. The maximum atomic E-state index is 14.7. The first-order valence-corrected chi connectivity index (χ1v) is 19.7. The lowest BCUT2D eigenvalue weighted by atomic mass is 10.1. The first-order valence-electron chi connectivity index (χ1n) is 18.6. The highest BCUT2D eigenvalue weighted by molar-refractivity contribution is 9.09. The Morgan fingerprint density at radius 2 is 1.31 bits per heavy atom. The summed E-state index contributed by atoms with van der Waals surface area (Å²) in [5, 5.41) is 18.2. The zero-order chi connectivity index (χ0) is 41.6. The average Bonchev–Trinajstić information content (AvgIpc) is 4.10. The quantitative estimate of drug-likeness (QED) is 0.147. The van der Waals surface area contributed by atoms with Crippen molar-refractivity contribution in [2.24, 2.45) is 10.2 Å². The van der Waals surface area contributed by atoms with Crippen LogP contribution in [-0.2, 0) is 22.3 Å². The van der Waals surface area contributed by atoms with Crippen molar-refractivity contribution in [1.29, 1.82) is 0 Å². The molecule has 6 heterocycles. The highest BCUT2D eigenvalue weighted by Crippen LogP contribution is 2.30. The van der Waals surface area contributed by atoms with Crippen LogP contribution in [0.4, 0.5) is 41.1 Å². The minimum Gasteiger partial charge on any atom is -0.444 e. The number of hydrogen-bond acceptors (Lipinski definition) is 14. The van der Waals surface area contributed by atoms with Crippen molar-refractivity contribution < 1.29 is 36.9 Å². The molecule has 2 fully saturated rings. The fourth-order valence-electron chi connectivity index (χ4n) is 6.38. The number of hydrazone groups is 2. The maximum absolute atomic E-state index is 14.7. The fourth-order valence-corrected chi connectivity index (χ4v) is 6.38. The van der Waals surface area contributed by atoms with Gasteiger partial charge < -0.3 is 33.7 Å². The van der Waals surface area contributed by atoms with Crippen LogP contribution in [-0.4, -0.2) is 104 Å². The number of nitrogens with zero attached hydrogens (tertiary/aromatic N) is 9. The number of rotatable bonds is 11. The van der Waals surface area contributed by atoms with Crippen LogP contribution in [0.1, 0.15) is 24.2 Å². The first-order chi connectivity index (χ1) is 28.8. The SMILES string of the molecule is C#CCBr.C#CCN1CCN(c2ccc(N3C[C@H](CCc4ccon4)OC3=O)cc2F)C=N1.O=C1O[C@@H](CCc2ccon2)CN1c1ccc(N2C=NNCC2)c(F)c1. The molecule has 2 aromatic heterocycles. The third-order valence-electron chi connectivity index (χ3n) is 9.34. The van der Waals surface area contributed by atoms with Crippen LogP contribution in [0.5, 0.6) is 0 Å². The Labute approximate surface area is 347 Å². The van der Waals surface area contributed by atoms with Crippen LogP contribution in [0, 0.1) is 36.3 Å². The number of cyclic esters (lactones) is 2. The average molecular weight is 876 g/mol. The molecule has 2 atom stereocenters. The second-order valence-corrected chi connectivity index (χ2v) is 13.8. The van der Waals surface area contributed by atoms with E-state index < -0.39 is 23.8 Å². The van der Waals surface area contributed by atoms with E-state index in [4.69, 9.17) is 31.4 Å². The molecular formula is C40H41BrF2N10O6. The number of hydrogen-bond donors (Lipinski definition) is 1. The van der Waals surface area contributed by atoms with Crippen LogP contribution in [0.25, 0.3) is 0 Å². The monoisotopic (exact) mass is 874 g/mol. The number of halogens is 3. The zero-order valence-electron chi connectivity index (χ0n) is 31.8. The summed E-state index contributed by atoms with van der Waals surface area (Å²) >= 11 is 3.01. The van der Waals surface area contributed by atoms with Crippen molar-refractivity contribution >= 4 is 63.5 Å². The normalized spacial score (nSPS) is 18.2. The predicted molar refractivity (Wildman–Crippen MR) is 220 cm³/mol. The van der Waals surface area contributed by atoms with Gasteiger partial charge in [-0.2, -0.15) is 10.2 Å². The molecule has 308 valence electrons. The van der Waals surface area contributed by atoms with Gasteiger partial charge >= 0.3 is 12.2 Å². The molecule has 1 N–H and O–H groups in total. The van der Waals surface area contributed by atoms with Crippen molar-refractivity contribution in [2.75, 3.05) is 70.7 Å². The molecule has 8 rings (SSSR count). The summed E-state index contributed by atoms with van der Waals surface area (Å²) in [6, 6.07) is 13.0. The molecule has 16 nitrogen and oxygen atoms in total. The van der Waals surface area contributed by atoms with Crippen molar-refractivity contribution in [1.82, 2.24) is 20.7 Å². The summed E-state index contributed by atoms with van der Waals surface area (Å²) in [4.78, 5) is 30.7. The second-order valence-electron chi connectivity index (χ2n) is 13.3.